The first-order valence-electron chi connectivity index (χ1n) is 7.90. The molecule has 1 aliphatic carbocycles. The summed E-state index contributed by atoms with van der Waals surface area (Å²) in [7, 11) is 1.44. The molecular weight excluding hydrogens is 283 g/mol. The van der Waals surface area contributed by atoms with Gasteiger partial charge in [-0.25, -0.2) is 4.39 Å². The molecule has 1 spiro atoms. The lowest BCUT2D eigenvalue weighted by molar-refractivity contribution is -0.123. The molecule has 0 aromatic heterocycles. The van der Waals surface area contributed by atoms with Crippen molar-refractivity contribution in [3.8, 4) is 5.75 Å². The molecule has 1 aromatic carbocycles. The van der Waals surface area contributed by atoms with E-state index in [1.54, 1.807) is 12.1 Å². The molecule has 3 rings (SSSR count). The summed E-state index contributed by atoms with van der Waals surface area (Å²) in [4.78, 5) is 12.4. The van der Waals surface area contributed by atoms with Crippen LogP contribution in [0.4, 0.5) is 4.39 Å². The second-order valence-electron chi connectivity index (χ2n) is 6.49. The molecule has 5 heteroatoms. The van der Waals surface area contributed by atoms with Gasteiger partial charge in [0.25, 0.3) is 0 Å². The van der Waals surface area contributed by atoms with Crippen LogP contribution in [-0.4, -0.2) is 26.1 Å². The first-order valence-corrected chi connectivity index (χ1v) is 7.90. The second kappa shape index (κ2) is 5.88. The third-order valence-corrected chi connectivity index (χ3v) is 5.14. The van der Waals surface area contributed by atoms with E-state index in [9.17, 15) is 9.18 Å². The number of halogens is 1. The average Bonchev–Trinajstić information content (AvgIpc) is 3.21. The number of hydrogen-bond donors (Lipinski definition) is 2. The maximum absolute atomic E-state index is 13.8. The highest BCUT2D eigenvalue weighted by molar-refractivity contribution is 5.83. The third-order valence-electron chi connectivity index (χ3n) is 5.14. The maximum atomic E-state index is 13.8. The monoisotopic (exact) mass is 306 g/mol. The lowest BCUT2D eigenvalue weighted by atomic mass is 9.91. The molecule has 0 radical (unpaired) electrons. The van der Waals surface area contributed by atoms with Gasteiger partial charge in [-0.05, 0) is 62.4 Å². The Hall–Kier alpha value is -1.62. The quantitative estimate of drug-likeness (QED) is 0.898. The smallest absolute Gasteiger partial charge is 0.224 e. The first-order chi connectivity index (χ1) is 10.6. The van der Waals surface area contributed by atoms with Gasteiger partial charge in [-0.3, -0.25) is 4.79 Å². The van der Waals surface area contributed by atoms with Crippen LogP contribution < -0.4 is 15.4 Å². The summed E-state index contributed by atoms with van der Waals surface area (Å²) in [6.07, 6.45) is 3.15. The van der Waals surface area contributed by atoms with Gasteiger partial charge in [-0.15, -0.1) is 0 Å². The van der Waals surface area contributed by atoms with Crippen LogP contribution in [0, 0.1) is 17.2 Å². The van der Waals surface area contributed by atoms with Crippen molar-refractivity contribution < 1.29 is 13.9 Å². The third kappa shape index (κ3) is 2.82. The van der Waals surface area contributed by atoms with Crippen LogP contribution in [0.3, 0.4) is 0 Å². The second-order valence-corrected chi connectivity index (χ2v) is 6.49. The summed E-state index contributed by atoms with van der Waals surface area (Å²) in [5.74, 6) is 0.0474. The summed E-state index contributed by atoms with van der Waals surface area (Å²) < 4.78 is 18.7. The minimum atomic E-state index is -0.401. The van der Waals surface area contributed by atoms with E-state index in [1.807, 2.05) is 6.92 Å². The fourth-order valence-electron chi connectivity index (χ4n) is 3.54. The van der Waals surface area contributed by atoms with Crippen molar-refractivity contribution in [1.82, 2.24) is 10.6 Å². The van der Waals surface area contributed by atoms with Crippen LogP contribution in [0.15, 0.2) is 18.2 Å². The van der Waals surface area contributed by atoms with E-state index in [1.165, 1.54) is 13.2 Å². The van der Waals surface area contributed by atoms with Gasteiger partial charge in [0.2, 0.25) is 5.91 Å². The van der Waals surface area contributed by atoms with E-state index < -0.39 is 5.82 Å². The Morgan fingerprint density at radius 1 is 1.45 bits per heavy atom. The number of carbonyl (C=O) groups is 1. The predicted molar refractivity (Wildman–Crippen MR) is 82.2 cm³/mol. The predicted octanol–water partition coefficient (Wildman–Crippen LogP) is 2.40. The van der Waals surface area contributed by atoms with Gasteiger partial charge in [-0.2, -0.15) is 0 Å². The normalized spacial score (nSPS) is 23.9. The van der Waals surface area contributed by atoms with Gasteiger partial charge in [-0.1, -0.05) is 6.07 Å². The summed E-state index contributed by atoms with van der Waals surface area (Å²) in [5, 5.41) is 6.37. The largest absolute Gasteiger partial charge is 0.494 e. The zero-order chi connectivity index (χ0) is 15.7. The van der Waals surface area contributed by atoms with Crippen LogP contribution in [0.1, 0.15) is 37.8 Å². The van der Waals surface area contributed by atoms with E-state index in [-0.39, 0.29) is 29.0 Å². The standard InChI is InChI=1S/C17H23FN2O2/c1-11(12-3-4-15(22-2)14(18)9-12)20-16(21)13-10-17(13)5-7-19-8-6-17/h3-4,9,11,13,19H,5-8,10H2,1-2H3,(H,20,21). The fourth-order valence-corrected chi connectivity index (χ4v) is 3.54. The number of hydrogen-bond acceptors (Lipinski definition) is 3. The number of benzene rings is 1. The Bertz CT molecular complexity index is 570. The van der Waals surface area contributed by atoms with E-state index in [0.717, 1.165) is 37.9 Å². The number of piperidine rings is 1. The molecule has 2 N–H and O–H groups in total. The SMILES string of the molecule is COc1ccc(C(C)NC(=O)C2CC23CCNCC3)cc1F. The van der Waals surface area contributed by atoms with Crippen molar-refractivity contribution >= 4 is 5.91 Å². The molecule has 1 aliphatic heterocycles. The lowest BCUT2D eigenvalue weighted by Crippen LogP contribution is -2.34. The highest BCUT2D eigenvalue weighted by Gasteiger charge is 2.57. The molecule has 1 amide bonds. The summed E-state index contributed by atoms with van der Waals surface area (Å²) in [6, 6.07) is 4.61. The van der Waals surface area contributed by atoms with Crippen LogP contribution in [0.2, 0.25) is 0 Å². The fraction of sp³-hybridized carbons (Fsp3) is 0.588. The van der Waals surface area contributed by atoms with E-state index in [2.05, 4.69) is 10.6 Å². The number of rotatable bonds is 4. The highest BCUT2D eigenvalue weighted by atomic mass is 19.1. The number of methoxy groups -OCH3 is 1. The molecule has 22 heavy (non-hydrogen) atoms. The van der Waals surface area contributed by atoms with Crippen molar-refractivity contribution in [2.45, 2.75) is 32.2 Å². The van der Waals surface area contributed by atoms with Gasteiger partial charge >= 0.3 is 0 Å². The topological polar surface area (TPSA) is 50.4 Å². The molecule has 0 bridgehead atoms. The summed E-state index contributed by atoms with van der Waals surface area (Å²) in [6.45, 7) is 3.89. The molecule has 4 nitrogen and oxygen atoms in total. The number of nitrogens with one attached hydrogen (secondary N) is 2. The molecule has 120 valence electrons. The van der Waals surface area contributed by atoms with Crippen molar-refractivity contribution in [3.05, 3.63) is 29.6 Å². The molecule has 1 saturated heterocycles. The van der Waals surface area contributed by atoms with Gasteiger partial charge in [0, 0.05) is 5.92 Å². The number of carbonyl (C=O) groups excluding carboxylic acids is 1. The molecular formula is C17H23FN2O2. The molecule has 2 atom stereocenters. The molecule has 2 aliphatic rings. The first kappa shape index (κ1) is 15.3. The Balaban J connectivity index is 1.61. The van der Waals surface area contributed by atoms with Crippen LogP contribution >= 0.6 is 0 Å². The lowest BCUT2D eigenvalue weighted by Gasteiger charge is -2.24. The van der Waals surface area contributed by atoms with Crippen LogP contribution in [-0.2, 0) is 4.79 Å². The van der Waals surface area contributed by atoms with Crippen molar-refractivity contribution in [2.75, 3.05) is 20.2 Å². The zero-order valence-corrected chi connectivity index (χ0v) is 13.1. The van der Waals surface area contributed by atoms with Crippen molar-refractivity contribution in [2.24, 2.45) is 11.3 Å². The summed E-state index contributed by atoms with van der Waals surface area (Å²) in [5.41, 5.74) is 0.979. The average molecular weight is 306 g/mol. The molecule has 2 fully saturated rings. The Kier molecular flexibility index (Phi) is 4.08. The van der Waals surface area contributed by atoms with Crippen LogP contribution in [0.5, 0.6) is 5.75 Å². The molecule has 2 unspecified atom stereocenters. The van der Waals surface area contributed by atoms with Crippen molar-refractivity contribution in [1.29, 1.82) is 0 Å². The Morgan fingerprint density at radius 2 is 2.18 bits per heavy atom. The number of amides is 1. The molecule has 1 heterocycles. The van der Waals surface area contributed by atoms with Gasteiger partial charge in [0.15, 0.2) is 11.6 Å². The minimum absolute atomic E-state index is 0.102. The Labute approximate surface area is 130 Å². The zero-order valence-electron chi connectivity index (χ0n) is 13.1. The van der Waals surface area contributed by atoms with Gasteiger partial charge in [0.05, 0.1) is 13.2 Å². The maximum Gasteiger partial charge on any atom is 0.224 e. The Morgan fingerprint density at radius 3 is 2.82 bits per heavy atom. The molecule has 1 aromatic rings. The summed E-state index contributed by atoms with van der Waals surface area (Å²) >= 11 is 0. The van der Waals surface area contributed by atoms with Gasteiger partial charge in [0.1, 0.15) is 0 Å². The highest BCUT2D eigenvalue weighted by Crippen LogP contribution is 2.58. The van der Waals surface area contributed by atoms with E-state index in [0.29, 0.717) is 0 Å². The van der Waals surface area contributed by atoms with Crippen LogP contribution in [0.25, 0.3) is 0 Å². The molecule has 1 saturated carbocycles. The van der Waals surface area contributed by atoms with E-state index >= 15 is 0 Å². The van der Waals surface area contributed by atoms with Crippen molar-refractivity contribution in [3.63, 3.8) is 0 Å². The number of ether oxygens (including phenoxy) is 1. The van der Waals surface area contributed by atoms with Gasteiger partial charge < -0.3 is 15.4 Å². The minimum Gasteiger partial charge on any atom is -0.494 e. The van der Waals surface area contributed by atoms with E-state index in [4.69, 9.17) is 4.74 Å².